The molecule has 41 heavy (non-hydrogen) atoms. The van der Waals surface area contributed by atoms with Crippen molar-refractivity contribution < 1.29 is 19.8 Å². The van der Waals surface area contributed by atoms with Gasteiger partial charge in [-0.2, -0.15) is 5.06 Å². The number of nitrogens with zero attached hydrogens (tertiary/aromatic N) is 2. The first kappa shape index (κ1) is 31.8. The number of hydroxylamine groups is 2. The van der Waals surface area contributed by atoms with Crippen molar-refractivity contribution in [1.29, 1.82) is 0 Å². The highest BCUT2D eigenvalue weighted by Gasteiger charge is 2.55. The first-order valence-electron chi connectivity index (χ1n) is 15.4. The van der Waals surface area contributed by atoms with Crippen LogP contribution in [0.5, 0.6) is 5.75 Å². The van der Waals surface area contributed by atoms with Crippen LogP contribution in [0.25, 0.3) is 11.1 Å². The lowest BCUT2D eigenvalue weighted by Gasteiger charge is -2.62. The van der Waals surface area contributed by atoms with Crippen LogP contribution in [0.4, 0.5) is 5.69 Å². The predicted molar refractivity (Wildman–Crippen MR) is 167 cm³/mol. The number of aliphatic hydroxyl groups excluding tert-OH is 2. The quantitative estimate of drug-likeness (QED) is 0.271. The summed E-state index contributed by atoms with van der Waals surface area (Å²) in [7, 11) is 5.80. The van der Waals surface area contributed by atoms with E-state index in [0.717, 1.165) is 46.5 Å². The highest BCUT2D eigenvalue weighted by Crippen LogP contribution is 2.61. The van der Waals surface area contributed by atoms with Gasteiger partial charge in [-0.15, -0.1) is 0 Å². The van der Waals surface area contributed by atoms with Gasteiger partial charge in [-0.05, 0) is 60.6 Å². The third-order valence-corrected chi connectivity index (χ3v) is 10.3. The Hall–Kier alpha value is -2.16. The lowest BCUT2D eigenvalue weighted by molar-refractivity contribution is -0.232. The van der Waals surface area contributed by atoms with Crippen molar-refractivity contribution in [3.8, 4) is 16.9 Å². The molecule has 2 aromatic carbocycles. The molecule has 3 fully saturated rings. The van der Waals surface area contributed by atoms with E-state index in [0.29, 0.717) is 30.5 Å². The summed E-state index contributed by atoms with van der Waals surface area (Å²) in [5.74, 6) is 2.84. The van der Waals surface area contributed by atoms with Crippen LogP contribution in [0, 0.1) is 29.1 Å². The molecule has 1 unspecified atom stereocenters. The fraction of sp³-hybridized carbons (Fsp3) is 0.647. The molecule has 228 valence electrons. The molecule has 3 N–H and O–H groups in total. The molecule has 2 aromatic rings. The molecule has 0 aliphatic heterocycles. The van der Waals surface area contributed by atoms with Crippen LogP contribution < -0.4 is 15.0 Å². The molecule has 0 spiro atoms. The van der Waals surface area contributed by atoms with Crippen LogP contribution in [0.15, 0.2) is 42.5 Å². The number of ether oxygens (including phenoxy) is 1. The molecule has 0 saturated heterocycles. The summed E-state index contributed by atoms with van der Waals surface area (Å²) in [6.45, 7) is 12.7. The van der Waals surface area contributed by atoms with Gasteiger partial charge in [0.15, 0.2) is 0 Å². The minimum Gasteiger partial charge on any atom is -0.496 e. The van der Waals surface area contributed by atoms with Crippen LogP contribution in [-0.4, -0.2) is 74.4 Å². The Morgan fingerprint density at radius 2 is 1.83 bits per heavy atom. The number of para-hydroxylation sites is 1. The molecule has 7 nitrogen and oxygen atoms in total. The number of methoxy groups -OCH3 is 1. The van der Waals surface area contributed by atoms with Crippen molar-refractivity contribution >= 4 is 5.69 Å². The molecule has 0 radical (unpaired) electrons. The van der Waals surface area contributed by atoms with Crippen molar-refractivity contribution in [3.63, 3.8) is 0 Å². The topological polar surface area (TPSA) is 77.4 Å². The normalized spacial score (nSPS) is 25.3. The Morgan fingerprint density at radius 1 is 1.10 bits per heavy atom. The average molecular weight is 568 g/mol. The Kier molecular flexibility index (Phi) is 10.4. The van der Waals surface area contributed by atoms with Crippen molar-refractivity contribution in [2.45, 2.75) is 72.3 Å². The number of benzene rings is 2. The van der Waals surface area contributed by atoms with E-state index in [1.807, 2.05) is 26.1 Å². The lowest BCUT2D eigenvalue weighted by atomic mass is 9.45. The first-order valence-corrected chi connectivity index (χ1v) is 15.4. The number of aliphatic hydroxyl groups is 2. The van der Waals surface area contributed by atoms with Gasteiger partial charge < -0.3 is 25.2 Å². The fourth-order valence-corrected chi connectivity index (χ4v) is 7.08. The standard InChI is InChI=1S/C34H53N3O4/c1-22(24(3)39)32(21-38)41-37(16-15-35-31-19-27-18-30(23(31)2)34(27,4)5)20-26-12-10-14-29(33(26)40-8)25-11-9-13-28(17-25)36(6)7/h9-14,17,22-24,27,30-32,35,38-39H,15-16,18-21H2,1-8H3/t22-,23+,24+,27?,30+,31+,32+/m1/s1. The summed E-state index contributed by atoms with van der Waals surface area (Å²) < 4.78 is 6.00. The van der Waals surface area contributed by atoms with Crippen LogP contribution in [0.2, 0.25) is 0 Å². The molecule has 2 bridgehead atoms. The molecule has 5 rings (SSSR count). The Bertz CT molecular complexity index is 1140. The van der Waals surface area contributed by atoms with E-state index in [1.54, 1.807) is 14.0 Å². The Labute approximate surface area is 247 Å². The van der Waals surface area contributed by atoms with Crippen molar-refractivity contribution in [3.05, 3.63) is 48.0 Å². The van der Waals surface area contributed by atoms with Gasteiger partial charge in [0, 0.05) is 56.0 Å². The summed E-state index contributed by atoms with van der Waals surface area (Å²) in [6.07, 6.45) is 1.49. The third kappa shape index (κ3) is 6.91. The molecule has 3 aliphatic carbocycles. The highest BCUT2D eigenvalue weighted by molar-refractivity contribution is 5.75. The molecule has 0 aromatic heterocycles. The lowest BCUT2D eigenvalue weighted by Crippen LogP contribution is -2.60. The zero-order valence-corrected chi connectivity index (χ0v) is 26.4. The van der Waals surface area contributed by atoms with Gasteiger partial charge in [0.05, 0.1) is 26.4 Å². The molecule has 3 saturated carbocycles. The number of hydrogen-bond acceptors (Lipinski definition) is 7. The maximum absolute atomic E-state index is 10.2. The number of fused-ring (bicyclic) bond motifs is 2. The van der Waals surface area contributed by atoms with Gasteiger partial charge in [0.1, 0.15) is 11.9 Å². The summed E-state index contributed by atoms with van der Waals surface area (Å²) in [4.78, 5) is 8.52. The zero-order valence-electron chi connectivity index (χ0n) is 26.4. The summed E-state index contributed by atoms with van der Waals surface area (Å²) in [5.41, 5.74) is 4.72. The minimum absolute atomic E-state index is 0.164. The van der Waals surface area contributed by atoms with E-state index in [9.17, 15) is 10.2 Å². The average Bonchev–Trinajstić information content (AvgIpc) is 2.95. The number of nitrogens with one attached hydrogen (secondary N) is 1. The second-order valence-corrected chi connectivity index (χ2v) is 13.2. The van der Waals surface area contributed by atoms with E-state index >= 15 is 0 Å². The molecular formula is C34H53N3O4. The van der Waals surface area contributed by atoms with Crippen LogP contribution in [-0.2, 0) is 11.4 Å². The molecule has 7 heteroatoms. The molecule has 0 amide bonds. The van der Waals surface area contributed by atoms with Gasteiger partial charge >= 0.3 is 0 Å². The third-order valence-electron chi connectivity index (χ3n) is 10.3. The van der Waals surface area contributed by atoms with E-state index in [-0.39, 0.29) is 12.5 Å². The van der Waals surface area contributed by atoms with Crippen LogP contribution in [0.3, 0.4) is 0 Å². The molecule has 3 aliphatic rings. The predicted octanol–water partition coefficient (Wildman–Crippen LogP) is 5.20. The minimum atomic E-state index is -0.591. The zero-order chi connectivity index (χ0) is 29.9. The summed E-state index contributed by atoms with van der Waals surface area (Å²) in [5, 5.41) is 26.2. The largest absolute Gasteiger partial charge is 0.496 e. The van der Waals surface area contributed by atoms with Gasteiger partial charge in [0.2, 0.25) is 0 Å². The van der Waals surface area contributed by atoms with Gasteiger partial charge in [-0.1, -0.05) is 58.0 Å². The summed E-state index contributed by atoms with van der Waals surface area (Å²) >= 11 is 0. The number of rotatable bonds is 14. The Morgan fingerprint density at radius 3 is 2.44 bits per heavy atom. The SMILES string of the molecule is COc1c(CN(CCN[C@H]2CC3C[C@@H]([C@@H]2C)C3(C)C)O[C@@H](CO)[C@H](C)[C@H](C)O)cccc1-c1cccc(N(C)C)c1. The van der Waals surface area contributed by atoms with Gasteiger partial charge in [-0.3, -0.25) is 4.84 Å². The first-order chi connectivity index (χ1) is 19.5. The van der Waals surface area contributed by atoms with E-state index in [2.05, 4.69) is 73.5 Å². The van der Waals surface area contributed by atoms with E-state index < -0.39 is 12.2 Å². The fourth-order valence-electron chi connectivity index (χ4n) is 7.08. The van der Waals surface area contributed by atoms with Gasteiger partial charge in [0.25, 0.3) is 0 Å². The monoisotopic (exact) mass is 567 g/mol. The second kappa shape index (κ2) is 13.4. The molecule has 0 heterocycles. The highest BCUT2D eigenvalue weighted by atomic mass is 16.7. The van der Waals surface area contributed by atoms with E-state index in [4.69, 9.17) is 9.57 Å². The van der Waals surface area contributed by atoms with Crippen LogP contribution >= 0.6 is 0 Å². The maximum atomic E-state index is 10.2. The maximum Gasteiger partial charge on any atom is 0.131 e. The smallest absolute Gasteiger partial charge is 0.131 e. The van der Waals surface area contributed by atoms with Crippen LogP contribution in [0.1, 0.15) is 53.0 Å². The Balaban J connectivity index is 1.53. The molecule has 7 atom stereocenters. The molecular weight excluding hydrogens is 514 g/mol. The van der Waals surface area contributed by atoms with E-state index in [1.165, 1.54) is 12.8 Å². The van der Waals surface area contributed by atoms with Crippen molar-refractivity contribution in [2.75, 3.05) is 45.8 Å². The van der Waals surface area contributed by atoms with Gasteiger partial charge in [-0.25, -0.2) is 0 Å². The second-order valence-electron chi connectivity index (χ2n) is 13.2. The summed E-state index contributed by atoms with van der Waals surface area (Å²) in [6, 6.07) is 15.2. The number of hydrogen-bond donors (Lipinski definition) is 3. The number of anilines is 1. The van der Waals surface area contributed by atoms with Crippen molar-refractivity contribution in [1.82, 2.24) is 10.4 Å². The van der Waals surface area contributed by atoms with Crippen molar-refractivity contribution in [2.24, 2.45) is 29.1 Å².